The summed E-state index contributed by atoms with van der Waals surface area (Å²) in [5, 5.41) is 0. The van der Waals surface area contributed by atoms with Crippen LogP contribution >= 0.6 is 0 Å². The quantitative estimate of drug-likeness (QED) is 0.228. The number of hydrogen-bond donors (Lipinski definition) is 0. The molecule has 3 heterocycles. The topological polar surface area (TPSA) is 101 Å². The first-order valence-corrected chi connectivity index (χ1v) is 11.0. The van der Waals surface area contributed by atoms with Crippen LogP contribution in [0.5, 0.6) is 0 Å². The van der Waals surface area contributed by atoms with E-state index in [0.717, 1.165) is 19.3 Å². The SMILES string of the molecule is CC(=O)O[C@@H]1C=C([C@H]2C[C@H]3O[C@@]3(CC/C=C(\C)CCC=C(C)C)C(=O)O2)[C@H](OC(C)=O)O1. The monoisotopic (exact) mass is 448 g/mol. The van der Waals surface area contributed by atoms with Gasteiger partial charge in [0.05, 0.1) is 0 Å². The predicted molar refractivity (Wildman–Crippen MR) is 114 cm³/mol. The van der Waals surface area contributed by atoms with Crippen molar-refractivity contribution in [1.29, 1.82) is 0 Å². The number of carbonyl (C=O) groups is 3. The first-order valence-electron chi connectivity index (χ1n) is 11.0. The number of esters is 3. The fourth-order valence-electron chi connectivity index (χ4n) is 4.07. The van der Waals surface area contributed by atoms with Crippen LogP contribution in [0.3, 0.4) is 0 Å². The molecule has 0 N–H and O–H groups in total. The summed E-state index contributed by atoms with van der Waals surface area (Å²) in [6, 6.07) is 0. The lowest BCUT2D eigenvalue weighted by Crippen LogP contribution is -2.41. The average Bonchev–Trinajstić information content (AvgIpc) is 3.27. The fourth-order valence-corrected chi connectivity index (χ4v) is 4.07. The molecule has 32 heavy (non-hydrogen) atoms. The van der Waals surface area contributed by atoms with E-state index in [1.165, 1.54) is 31.1 Å². The van der Waals surface area contributed by atoms with Gasteiger partial charge in [0.1, 0.15) is 12.2 Å². The molecular formula is C24H32O8. The van der Waals surface area contributed by atoms with E-state index in [-0.39, 0.29) is 6.10 Å². The van der Waals surface area contributed by atoms with Gasteiger partial charge in [-0.05, 0) is 52.5 Å². The van der Waals surface area contributed by atoms with Gasteiger partial charge in [-0.3, -0.25) is 14.3 Å². The van der Waals surface area contributed by atoms with Gasteiger partial charge < -0.3 is 18.9 Å². The Kier molecular flexibility index (Phi) is 7.56. The normalized spacial score (nSPS) is 31.2. The molecule has 3 rings (SSSR count). The van der Waals surface area contributed by atoms with Crippen LogP contribution in [-0.2, 0) is 38.1 Å². The molecule has 3 aliphatic rings. The summed E-state index contributed by atoms with van der Waals surface area (Å²) >= 11 is 0. The average molecular weight is 449 g/mol. The van der Waals surface area contributed by atoms with E-state index in [1.807, 2.05) is 0 Å². The molecule has 0 aromatic heterocycles. The van der Waals surface area contributed by atoms with Crippen molar-refractivity contribution in [2.24, 2.45) is 0 Å². The Morgan fingerprint density at radius 3 is 2.44 bits per heavy atom. The van der Waals surface area contributed by atoms with Crippen molar-refractivity contribution in [3.05, 3.63) is 34.9 Å². The lowest BCUT2D eigenvalue weighted by Gasteiger charge is -2.27. The third-order valence-corrected chi connectivity index (χ3v) is 5.72. The smallest absolute Gasteiger partial charge is 0.341 e. The summed E-state index contributed by atoms with van der Waals surface area (Å²) in [5.41, 5.74) is 2.13. The van der Waals surface area contributed by atoms with Crippen LogP contribution in [0, 0.1) is 0 Å². The Labute approximate surface area is 188 Å². The Balaban J connectivity index is 1.58. The first-order chi connectivity index (χ1) is 15.1. The van der Waals surface area contributed by atoms with Gasteiger partial charge in [-0.25, -0.2) is 4.79 Å². The minimum absolute atomic E-state index is 0.264. The van der Waals surface area contributed by atoms with Gasteiger partial charge >= 0.3 is 17.9 Å². The van der Waals surface area contributed by atoms with Gasteiger partial charge in [0, 0.05) is 25.8 Å². The molecule has 5 atom stereocenters. The van der Waals surface area contributed by atoms with Crippen molar-refractivity contribution in [3.63, 3.8) is 0 Å². The minimum Gasteiger partial charge on any atom is -0.455 e. The maximum atomic E-state index is 12.8. The van der Waals surface area contributed by atoms with Crippen LogP contribution in [-0.4, -0.2) is 48.3 Å². The van der Waals surface area contributed by atoms with Gasteiger partial charge in [0.2, 0.25) is 12.6 Å². The second-order valence-corrected chi connectivity index (χ2v) is 8.76. The molecule has 0 saturated carbocycles. The van der Waals surface area contributed by atoms with E-state index < -0.39 is 42.2 Å². The number of ether oxygens (including phenoxy) is 5. The molecule has 2 saturated heterocycles. The van der Waals surface area contributed by atoms with Crippen LogP contribution in [0.4, 0.5) is 0 Å². The number of hydrogen-bond acceptors (Lipinski definition) is 8. The lowest BCUT2D eigenvalue weighted by atomic mass is 9.90. The fraction of sp³-hybridized carbons (Fsp3) is 0.625. The summed E-state index contributed by atoms with van der Waals surface area (Å²) in [7, 11) is 0. The number of fused-ring (bicyclic) bond motifs is 1. The second kappa shape index (κ2) is 10.0. The summed E-state index contributed by atoms with van der Waals surface area (Å²) in [5.74, 6) is -1.52. The molecule has 0 aromatic rings. The molecule has 0 unspecified atom stereocenters. The number of cyclic esters (lactones) is 1. The van der Waals surface area contributed by atoms with Crippen molar-refractivity contribution < 1.29 is 38.1 Å². The summed E-state index contributed by atoms with van der Waals surface area (Å²) < 4.78 is 27.1. The van der Waals surface area contributed by atoms with E-state index in [4.69, 9.17) is 23.7 Å². The zero-order valence-corrected chi connectivity index (χ0v) is 19.3. The van der Waals surface area contributed by atoms with Gasteiger partial charge in [-0.1, -0.05) is 23.3 Å². The van der Waals surface area contributed by atoms with Crippen molar-refractivity contribution in [1.82, 2.24) is 0 Å². The Hall–Kier alpha value is -2.45. The van der Waals surface area contributed by atoms with Crippen molar-refractivity contribution in [3.8, 4) is 0 Å². The maximum absolute atomic E-state index is 12.8. The lowest BCUT2D eigenvalue weighted by molar-refractivity contribution is -0.204. The molecular weight excluding hydrogens is 416 g/mol. The highest BCUT2D eigenvalue weighted by Gasteiger charge is 2.67. The van der Waals surface area contributed by atoms with E-state index in [2.05, 4.69) is 32.9 Å². The van der Waals surface area contributed by atoms with Crippen LogP contribution in [0.1, 0.15) is 66.7 Å². The summed E-state index contributed by atoms with van der Waals surface area (Å²) in [6.45, 7) is 8.77. The highest BCUT2D eigenvalue weighted by molar-refractivity contribution is 5.85. The Morgan fingerprint density at radius 1 is 1.09 bits per heavy atom. The van der Waals surface area contributed by atoms with E-state index >= 15 is 0 Å². The molecule has 0 amide bonds. The van der Waals surface area contributed by atoms with E-state index in [1.54, 1.807) is 0 Å². The molecule has 2 fully saturated rings. The molecule has 0 aromatic carbocycles. The zero-order chi connectivity index (χ0) is 23.5. The van der Waals surface area contributed by atoms with Crippen molar-refractivity contribution in [2.75, 3.05) is 0 Å². The van der Waals surface area contributed by atoms with Crippen molar-refractivity contribution in [2.45, 2.75) is 97.1 Å². The standard InChI is InChI=1S/C24H32O8/c1-14(2)8-6-9-15(3)10-7-11-24-20(32-24)13-19(30-23(24)27)18-12-21(28-16(4)25)31-22(18)29-17(5)26/h8,10,12,19-22H,6-7,9,11,13H2,1-5H3/b15-10+/t19-,20-,21+,22-,24-/m1/s1. The molecule has 176 valence electrons. The number of allylic oxidation sites excluding steroid dienone is 4. The van der Waals surface area contributed by atoms with Gasteiger partial charge in [-0.15, -0.1) is 0 Å². The Bertz CT molecular complexity index is 850. The van der Waals surface area contributed by atoms with Crippen LogP contribution in [0.25, 0.3) is 0 Å². The van der Waals surface area contributed by atoms with Gasteiger partial charge in [0.15, 0.2) is 5.60 Å². The number of epoxide rings is 1. The minimum atomic E-state index is -1.08. The predicted octanol–water partition coefficient (Wildman–Crippen LogP) is 3.65. The molecule has 0 aliphatic carbocycles. The van der Waals surface area contributed by atoms with Crippen LogP contribution < -0.4 is 0 Å². The molecule has 8 nitrogen and oxygen atoms in total. The molecule has 0 bridgehead atoms. The van der Waals surface area contributed by atoms with Gasteiger partial charge in [-0.2, -0.15) is 0 Å². The molecule has 3 aliphatic heterocycles. The van der Waals surface area contributed by atoms with Crippen LogP contribution in [0.2, 0.25) is 0 Å². The van der Waals surface area contributed by atoms with Crippen LogP contribution in [0.15, 0.2) is 34.9 Å². The first kappa shape index (κ1) is 24.2. The molecule has 8 heteroatoms. The third-order valence-electron chi connectivity index (χ3n) is 5.72. The molecule has 0 spiro atoms. The number of carbonyl (C=O) groups excluding carboxylic acids is 3. The van der Waals surface area contributed by atoms with Gasteiger partial charge in [0.25, 0.3) is 0 Å². The Morgan fingerprint density at radius 2 is 1.81 bits per heavy atom. The largest absolute Gasteiger partial charge is 0.455 e. The zero-order valence-electron chi connectivity index (χ0n) is 19.3. The van der Waals surface area contributed by atoms with E-state index in [9.17, 15) is 14.4 Å². The molecule has 0 radical (unpaired) electrons. The highest BCUT2D eigenvalue weighted by atomic mass is 16.8. The third kappa shape index (κ3) is 5.86. The van der Waals surface area contributed by atoms with E-state index in [0.29, 0.717) is 18.4 Å². The summed E-state index contributed by atoms with van der Waals surface area (Å²) in [6.07, 6.45) is 6.58. The maximum Gasteiger partial charge on any atom is 0.341 e. The highest BCUT2D eigenvalue weighted by Crippen LogP contribution is 2.50. The second-order valence-electron chi connectivity index (χ2n) is 8.76. The summed E-state index contributed by atoms with van der Waals surface area (Å²) in [4.78, 5) is 35.5. The van der Waals surface area contributed by atoms with Crippen molar-refractivity contribution >= 4 is 17.9 Å². The number of rotatable bonds is 9.